The number of esters is 1. The highest BCUT2D eigenvalue weighted by Gasteiger charge is 2.35. The lowest BCUT2D eigenvalue weighted by atomic mass is 9.97. The summed E-state index contributed by atoms with van der Waals surface area (Å²) in [4.78, 5) is 12.0. The van der Waals surface area contributed by atoms with Gasteiger partial charge in [-0.2, -0.15) is 0 Å². The first-order valence-electron chi connectivity index (χ1n) is 6.69. The molecule has 0 aromatic carbocycles. The minimum atomic E-state index is -0.685. The summed E-state index contributed by atoms with van der Waals surface area (Å²) in [6, 6.07) is 0.217. The SMILES string of the molecule is CCOC(=O)C(C)(CCOC(C)(C)C)NC(C)C. The van der Waals surface area contributed by atoms with Crippen molar-refractivity contribution in [2.45, 2.75) is 72.1 Å². The van der Waals surface area contributed by atoms with Gasteiger partial charge in [-0.05, 0) is 54.9 Å². The Hall–Kier alpha value is -0.610. The molecule has 0 aliphatic heterocycles. The summed E-state index contributed by atoms with van der Waals surface area (Å²) in [6.07, 6.45) is 0.598. The molecule has 0 aliphatic rings. The van der Waals surface area contributed by atoms with Crippen LogP contribution in [-0.4, -0.2) is 36.4 Å². The molecule has 1 N–H and O–H groups in total. The van der Waals surface area contributed by atoms with Crippen LogP contribution in [0.15, 0.2) is 0 Å². The van der Waals surface area contributed by atoms with E-state index in [0.29, 0.717) is 19.6 Å². The van der Waals surface area contributed by atoms with Crippen LogP contribution in [0.25, 0.3) is 0 Å². The molecular formula is C14H29NO3. The van der Waals surface area contributed by atoms with Gasteiger partial charge in [0.15, 0.2) is 0 Å². The number of nitrogens with one attached hydrogen (secondary N) is 1. The number of ether oxygens (including phenoxy) is 2. The van der Waals surface area contributed by atoms with Gasteiger partial charge in [-0.1, -0.05) is 0 Å². The van der Waals surface area contributed by atoms with Crippen molar-refractivity contribution in [3.63, 3.8) is 0 Å². The van der Waals surface area contributed by atoms with E-state index in [1.54, 1.807) is 0 Å². The van der Waals surface area contributed by atoms with Crippen LogP contribution in [-0.2, 0) is 14.3 Å². The molecule has 0 aromatic heterocycles. The molecule has 0 spiro atoms. The van der Waals surface area contributed by atoms with E-state index < -0.39 is 5.54 Å². The number of rotatable bonds is 7. The largest absolute Gasteiger partial charge is 0.465 e. The maximum Gasteiger partial charge on any atom is 0.326 e. The van der Waals surface area contributed by atoms with Crippen LogP contribution in [0.3, 0.4) is 0 Å². The molecule has 108 valence electrons. The van der Waals surface area contributed by atoms with Crippen LogP contribution in [0.4, 0.5) is 0 Å². The molecule has 1 atom stereocenters. The fourth-order valence-electron chi connectivity index (χ4n) is 1.72. The predicted molar refractivity (Wildman–Crippen MR) is 73.6 cm³/mol. The molecule has 0 aliphatic carbocycles. The maximum absolute atomic E-state index is 12.0. The minimum Gasteiger partial charge on any atom is -0.465 e. The van der Waals surface area contributed by atoms with Gasteiger partial charge in [0.1, 0.15) is 5.54 Å². The topological polar surface area (TPSA) is 47.6 Å². The zero-order chi connectivity index (χ0) is 14.4. The summed E-state index contributed by atoms with van der Waals surface area (Å²) >= 11 is 0. The number of hydrogen-bond acceptors (Lipinski definition) is 4. The van der Waals surface area contributed by atoms with Gasteiger partial charge >= 0.3 is 5.97 Å². The maximum atomic E-state index is 12.0. The van der Waals surface area contributed by atoms with Gasteiger partial charge in [-0.3, -0.25) is 10.1 Å². The summed E-state index contributed by atoms with van der Waals surface area (Å²) in [5, 5.41) is 3.27. The molecule has 18 heavy (non-hydrogen) atoms. The zero-order valence-corrected chi connectivity index (χ0v) is 12.9. The number of carbonyl (C=O) groups is 1. The first-order chi connectivity index (χ1) is 8.10. The highest BCUT2D eigenvalue weighted by atomic mass is 16.5. The quantitative estimate of drug-likeness (QED) is 0.714. The van der Waals surface area contributed by atoms with E-state index in [1.165, 1.54) is 0 Å². The second kappa shape index (κ2) is 7.10. The Morgan fingerprint density at radius 1 is 1.22 bits per heavy atom. The zero-order valence-electron chi connectivity index (χ0n) is 12.9. The summed E-state index contributed by atoms with van der Waals surface area (Å²) in [7, 11) is 0. The van der Waals surface area contributed by atoms with Gasteiger partial charge in [0, 0.05) is 12.6 Å². The van der Waals surface area contributed by atoms with Crippen LogP contribution >= 0.6 is 0 Å². The van der Waals surface area contributed by atoms with E-state index in [9.17, 15) is 4.79 Å². The molecule has 0 saturated carbocycles. The van der Waals surface area contributed by atoms with Gasteiger partial charge in [0.2, 0.25) is 0 Å². The lowest BCUT2D eigenvalue weighted by Crippen LogP contribution is -2.54. The highest BCUT2D eigenvalue weighted by molar-refractivity contribution is 5.80. The first-order valence-corrected chi connectivity index (χ1v) is 6.69. The third kappa shape index (κ3) is 6.97. The average Bonchev–Trinajstić information content (AvgIpc) is 2.14. The normalized spacial score (nSPS) is 15.6. The van der Waals surface area contributed by atoms with Crippen molar-refractivity contribution >= 4 is 5.97 Å². The molecule has 0 aromatic rings. The van der Waals surface area contributed by atoms with Crippen LogP contribution in [0.1, 0.15) is 54.9 Å². The van der Waals surface area contributed by atoms with E-state index in [-0.39, 0.29) is 17.6 Å². The standard InChI is InChI=1S/C14H29NO3/c1-8-17-12(16)14(7,15-11(2)3)9-10-18-13(4,5)6/h11,15H,8-10H2,1-7H3. The van der Waals surface area contributed by atoms with Gasteiger partial charge in [-0.15, -0.1) is 0 Å². The molecule has 0 amide bonds. The molecule has 0 heterocycles. The van der Waals surface area contributed by atoms with Gasteiger partial charge in [0.05, 0.1) is 12.2 Å². The fraction of sp³-hybridized carbons (Fsp3) is 0.929. The fourth-order valence-corrected chi connectivity index (χ4v) is 1.72. The van der Waals surface area contributed by atoms with E-state index in [4.69, 9.17) is 9.47 Å². The minimum absolute atomic E-state index is 0.187. The van der Waals surface area contributed by atoms with E-state index >= 15 is 0 Å². The number of hydrogen-bond donors (Lipinski definition) is 1. The van der Waals surface area contributed by atoms with E-state index in [2.05, 4.69) is 5.32 Å². The third-order valence-electron chi connectivity index (χ3n) is 2.47. The molecule has 0 radical (unpaired) electrons. The highest BCUT2D eigenvalue weighted by Crippen LogP contribution is 2.16. The van der Waals surface area contributed by atoms with E-state index in [1.807, 2.05) is 48.5 Å². The van der Waals surface area contributed by atoms with Crippen LogP contribution in [0.2, 0.25) is 0 Å². The molecule has 4 nitrogen and oxygen atoms in total. The van der Waals surface area contributed by atoms with Crippen LogP contribution in [0.5, 0.6) is 0 Å². The Labute approximate surface area is 111 Å². The summed E-state index contributed by atoms with van der Waals surface area (Å²) in [5.74, 6) is -0.212. The van der Waals surface area contributed by atoms with Gasteiger partial charge < -0.3 is 9.47 Å². The van der Waals surface area contributed by atoms with Crippen molar-refractivity contribution in [1.82, 2.24) is 5.32 Å². The molecular weight excluding hydrogens is 230 g/mol. The second-order valence-electron chi connectivity index (χ2n) is 6.06. The Bertz CT molecular complexity index is 258. The van der Waals surface area contributed by atoms with E-state index in [0.717, 1.165) is 0 Å². The molecule has 1 unspecified atom stereocenters. The lowest BCUT2D eigenvalue weighted by molar-refractivity contribution is -0.152. The van der Waals surface area contributed by atoms with Crippen molar-refractivity contribution in [3.8, 4) is 0 Å². The van der Waals surface area contributed by atoms with Crippen LogP contribution < -0.4 is 5.32 Å². The smallest absolute Gasteiger partial charge is 0.326 e. The van der Waals surface area contributed by atoms with Crippen molar-refractivity contribution in [2.24, 2.45) is 0 Å². The van der Waals surface area contributed by atoms with Gasteiger partial charge in [-0.25, -0.2) is 0 Å². The summed E-state index contributed by atoms with van der Waals surface area (Å²) in [6.45, 7) is 14.7. The monoisotopic (exact) mass is 259 g/mol. The Morgan fingerprint density at radius 3 is 2.17 bits per heavy atom. The Morgan fingerprint density at radius 2 is 1.78 bits per heavy atom. The third-order valence-corrected chi connectivity index (χ3v) is 2.47. The molecule has 0 saturated heterocycles. The number of carbonyl (C=O) groups excluding carboxylic acids is 1. The Kier molecular flexibility index (Phi) is 6.86. The van der Waals surface area contributed by atoms with Crippen molar-refractivity contribution in [3.05, 3.63) is 0 Å². The second-order valence-corrected chi connectivity index (χ2v) is 6.06. The molecule has 0 rings (SSSR count). The molecule has 0 fully saturated rings. The summed E-state index contributed by atoms with van der Waals surface area (Å²) < 4.78 is 10.8. The Balaban J connectivity index is 4.52. The van der Waals surface area contributed by atoms with Gasteiger partial charge in [0.25, 0.3) is 0 Å². The average molecular weight is 259 g/mol. The first kappa shape index (κ1) is 17.4. The van der Waals surface area contributed by atoms with Crippen molar-refractivity contribution < 1.29 is 14.3 Å². The molecule has 4 heteroatoms. The molecule has 0 bridgehead atoms. The van der Waals surface area contributed by atoms with Crippen molar-refractivity contribution in [1.29, 1.82) is 0 Å². The van der Waals surface area contributed by atoms with Crippen molar-refractivity contribution in [2.75, 3.05) is 13.2 Å². The lowest BCUT2D eigenvalue weighted by Gasteiger charge is -2.31. The summed E-state index contributed by atoms with van der Waals surface area (Å²) in [5.41, 5.74) is -0.872. The predicted octanol–water partition coefficient (Wildman–Crippen LogP) is 2.51. The van der Waals surface area contributed by atoms with Crippen LogP contribution in [0, 0.1) is 0 Å².